The number of ether oxygens (including phenoxy) is 1. The van der Waals surface area contributed by atoms with E-state index in [1.54, 1.807) is 21.8 Å². The molecule has 6 nitrogen and oxygen atoms in total. The fourth-order valence-corrected chi connectivity index (χ4v) is 2.38. The van der Waals surface area contributed by atoms with Crippen molar-refractivity contribution in [2.24, 2.45) is 0 Å². The van der Waals surface area contributed by atoms with Crippen LogP contribution in [0.5, 0.6) is 0 Å². The van der Waals surface area contributed by atoms with Crippen LogP contribution in [0.3, 0.4) is 0 Å². The van der Waals surface area contributed by atoms with Crippen LogP contribution in [0.25, 0.3) is 5.69 Å². The van der Waals surface area contributed by atoms with Crippen molar-refractivity contribution in [1.29, 1.82) is 0 Å². The highest BCUT2D eigenvalue weighted by molar-refractivity contribution is 5.92. The van der Waals surface area contributed by atoms with E-state index in [1.807, 2.05) is 30.3 Å². The summed E-state index contributed by atoms with van der Waals surface area (Å²) in [5.41, 5.74) is 1.27. The number of nitrogens with zero attached hydrogens (tertiary/aromatic N) is 3. The van der Waals surface area contributed by atoms with Crippen molar-refractivity contribution < 1.29 is 14.6 Å². The largest absolute Gasteiger partial charge is 0.394 e. The second-order valence-electron chi connectivity index (χ2n) is 4.89. The van der Waals surface area contributed by atoms with Crippen molar-refractivity contribution in [3.05, 3.63) is 48.3 Å². The van der Waals surface area contributed by atoms with E-state index in [2.05, 4.69) is 5.10 Å². The molecule has 0 bridgehead atoms. The summed E-state index contributed by atoms with van der Waals surface area (Å²) >= 11 is 0. The number of aliphatic hydroxyl groups is 1. The molecule has 1 aromatic heterocycles. The molecule has 0 radical (unpaired) electrons. The minimum atomic E-state index is -0.298. The molecular weight excluding hydrogens is 270 g/mol. The lowest BCUT2D eigenvalue weighted by Gasteiger charge is -2.33. The third-order valence-electron chi connectivity index (χ3n) is 3.53. The third-order valence-corrected chi connectivity index (χ3v) is 3.53. The molecule has 1 aliphatic heterocycles. The average Bonchev–Trinajstić information content (AvgIpc) is 3.05. The van der Waals surface area contributed by atoms with Gasteiger partial charge in [-0.15, -0.1) is 0 Å². The molecule has 2 aromatic rings. The topological polar surface area (TPSA) is 67.6 Å². The first kappa shape index (κ1) is 13.8. The maximum Gasteiger partial charge on any atom is 0.274 e. The van der Waals surface area contributed by atoms with Crippen LogP contribution < -0.4 is 0 Å². The Morgan fingerprint density at radius 3 is 2.90 bits per heavy atom. The van der Waals surface area contributed by atoms with Crippen LogP contribution in [-0.2, 0) is 4.74 Å². The minimum absolute atomic E-state index is 0.106. The molecule has 6 heteroatoms. The van der Waals surface area contributed by atoms with E-state index in [4.69, 9.17) is 4.74 Å². The number of carbonyl (C=O) groups is 1. The first-order valence-electron chi connectivity index (χ1n) is 6.90. The number of benzene rings is 1. The maximum atomic E-state index is 12.5. The Morgan fingerprint density at radius 2 is 2.14 bits per heavy atom. The van der Waals surface area contributed by atoms with Crippen LogP contribution in [0, 0.1) is 0 Å². The van der Waals surface area contributed by atoms with Crippen LogP contribution in [-0.4, -0.2) is 58.1 Å². The molecule has 1 fully saturated rings. The van der Waals surface area contributed by atoms with Crippen LogP contribution in [0.1, 0.15) is 10.5 Å². The van der Waals surface area contributed by atoms with Crippen LogP contribution in [0.4, 0.5) is 0 Å². The standard InChI is InChI=1S/C15H17N3O3/c19-10-13-11-21-9-8-17(13)15(20)14-6-7-18(16-14)12-4-2-1-3-5-12/h1-7,13,19H,8-11H2. The van der Waals surface area contributed by atoms with Crippen molar-refractivity contribution >= 4 is 5.91 Å². The van der Waals surface area contributed by atoms with Crippen molar-refractivity contribution in [3.8, 4) is 5.69 Å². The van der Waals surface area contributed by atoms with Crippen molar-refractivity contribution in [2.75, 3.05) is 26.4 Å². The Kier molecular flexibility index (Phi) is 3.98. The van der Waals surface area contributed by atoms with Crippen LogP contribution in [0.2, 0.25) is 0 Å². The highest BCUT2D eigenvalue weighted by Gasteiger charge is 2.28. The first-order valence-corrected chi connectivity index (χ1v) is 6.90. The molecule has 0 aliphatic carbocycles. The van der Waals surface area contributed by atoms with Gasteiger partial charge in [0.25, 0.3) is 5.91 Å². The van der Waals surface area contributed by atoms with Gasteiger partial charge in [0.2, 0.25) is 0 Å². The molecular formula is C15H17N3O3. The van der Waals surface area contributed by atoms with Gasteiger partial charge in [-0.2, -0.15) is 5.10 Å². The fourth-order valence-electron chi connectivity index (χ4n) is 2.38. The molecule has 1 saturated heterocycles. The lowest BCUT2D eigenvalue weighted by atomic mass is 10.2. The number of para-hydroxylation sites is 1. The van der Waals surface area contributed by atoms with E-state index in [1.165, 1.54) is 0 Å². The van der Waals surface area contributed by atoms with Crippen molar-refractivity contribution in [3.63, 3.8) is 0 Å². The number of amides is 1. The second kappa shape index (κ2) is 6.07. The van der Waals surface area contributed by atoms with Gasteiger partial charge in [-0.1, -0.05) is 18.2 Å². The SMILES string of the molecule is O=C(c1ccn(-c2ccccc2)n1)N1CCOCC1CO. The van der Waals surface area contributed by atoms with Gasteiger partial charge in [-0.3, -0.25) is 4.79 Å². The lowest BCUT2D eigenvalue weighted by molar-refractivity contribution is -0.0186. The van der Waals surface area contributed by atoms with E-state index >= 15 is 0 Å². The Morgan fingerprint density at radius 1 is 1.33 bits per heavy atom. The number of morpholine rings is 1. The molecule has 1 N–H and O–H groups in total. The monoisotopic (exact) mass is 287 g/mol. The fraction of sp³-hybridized carbons (Fsp3) is 0.333. The Labute approximate surface area is 122 Å². The summed E-state index contributed by atoms with van der Waals surface area (Å²) in [5, 5.41) is 13.7. The summed E-state index contributed by atoms with van der Waals surface area (Å²) in [4.78, 5) is 14.1. The zero-order chi connectivity index (χ0) is 14.7. The van der Waals surface area contributed by atoms with Gasteiger partial charge >= 0.3 is 0 Å². The van der Waals surface area contributed by atoms with Crippen LogP contribution >= 0.6 is 0 Å². The molecule has 1 aromatic carbocycles. The number of hydrogen-bond donors (Lipinski definition) is 1. The predicted molar refractivity (Wildman–Crippen MR) is 76.3 cm³/mol. The van der Waals surface area contributed by atoms with Gasteiger partial charge in [0.15, 0.2) is 5.69 Å². The molecule has 1 unspecified atom stereocenters. The number of carbonyl (C=O) groups excluding carboxylic acids is 1. The summed E-state index contributed by atoms with van der Waals surface area (Å²) in [6.45, 7) is 1.22. The summed E-state index contributed by atoms with van der Waals surface area (Å²) in [7, 11) is 0. The number of aliphatic hydroxyl groups excluding tert-OH is 1. The van der Waals surface area contributed by atoms with Gasteiger partial charge in [-0.25, -0.2) is 4.68 Å². The second-order valence-corrected chi connectivity index (χ2v) is 4.89. The van der Waals surface area contributed by atoms with Crippen molar-refractivity contribution in [1.82, 2.24) is 14.7 Å². The molecule has 0 saturated carbocycles. The van der Waals surface area contributed by atoms with E-state index in [0.717, 1.165) is 5.69 Å². The third kappa shape index (κ3) is 2.81. The number of rotatable bonds is 3. The summed E-state index contributed by atoms with van der Waals surface area (Å²) < 4.78 is 6.95. The summed E-state index contributed by atoms with van der Waals surface area (Å²) in [5.74, 6) is -0.174. The van der Waals surface area contributed by atoms with Crippen LogP contribution in [0.15, 0.2) is 42.6 Å². The molecule has 1 aliphatic rings. The number of hydrogen-bond acceptors (Lipinski definition) is 4. The summed E-state index contributed by atoms with van der Waals surface area (Å²) in [6, 6.07) is 11.0. The van der Waals surface area contributed by atoms with Gasteiger partial charge in [0.1, 0.15) is 0 Å². The molecule has 110 valence electrons. The highest BCUT2D eigenvalue weighted by atomic mass is 16.5. The number of aromatic nitrogens is 2. The van der Waals surface area contributed by atoms with Gasteiger partial charge in [0, 0.05) is 12.7 Å². The lowest BCUT2D eigenvalue weighted by Crippen LogP contribution is -2.50. The molecule has 2 heterocycles. The molecule has 1 atom stereocenters. The van der Waals surface area contributed by atoms with E-state index in [0.29, 0.717) is 25.5 Å². The maximum absolute atomic E-state index is 12.5. The van der Waals surface area contributed by atoms with Crippen molar-refractivity contribution in [2.45, 2.75) is 6.04 Å². The van der Waals surface area contributed by atoms with E-state index < -0.39 is 0 Å². The Hall–Kier alpha value is -2.18. The van der Waals surface area contributed by atoms with Gasteiger partial charge in [0.05, 0.1) is 31.5 Å². The van der Waals surface area contributed by atoms with Gasteiger partial charge < -0.3 is 14.7 Å². The summed E-state index contributed by atoms with van der Waals surface area (Å²) in [6.07, 6.45) is 1.76. The highest BCUT2D eigenvalue weighted by Crippen LogP contribution is 2.13. The van der Waals surface area contributed by atoms with E-state index in [-0.39, 0.29) is 18.6 Å². The smallest absolute Gasteiger partial charge is 0.274 e. The van der Waals surface area contributed by atoms with Gasteiger partial charge in [-0.05, 0) is 18.2 Å². The zero-order valence-corrected chi connectivity index (χ0v) is 11.6. The predicted octanol–water partition coefficient (Wildman–Crippen LogP) is 0.706. The first-order chi connectivity index (χ1) is 10.3. The molecule has 0 spiro atoms. The molecule has 1 amide bonds. The Balaban J connectivity index is 1.81. The molecule has 21 heavy (non-hydrogen) atoms. The van der Waals surface area contributed by atoms with E-state index in [9.17, 15) is 9.90 Å². The quantitative estimate of drug-likeness (QED) is 0.902. The zero-order valence-electron chi connectivity index (χ0n) is 11.6. The average molecular weight is 287 g/mol. The molecule has 3 rings (SSSR count). The Bertz CT molecular complexity index is 612. The normalized spacial score (nSPS) is 18.7. The minimum Gasteiger partial charge on any atom is -0.394 e.